The molecule has 0 spiro atoms. The molecule has 5 heteroatoms. The van der Waals surface area contributed by atoms with Crippen LogP contribution in [0.5, 0.6) is 0 Å². The van der Waals surface area contributed by atoms with Gasteiger partial charge in [0.05, 0.1) is 6.10 Å². The van der Waals surface area contributed by atoms with Crippen LogP contribution in [0, 0.1) is 0 Å². The molecule has 2 aromatic carbocycles. The van der Waals surface area contributed by atoms with E-state index in [4.69, 9.17) is 11.6 Å². The highest BCUT2D eigenvalue weighted by molar-refractivity contribution is 6.31. The molecule has 0 fully saturated rings. The van der Waals surface area contributed by atoms with E-state index in [1.54, 1.807) is 25.2 Å². The monoisotopic (exact) mass is 332 g/mol. The Hall–Kier alpha value is -1.88. The lowest BCUT2D eigenvalue weighted by Gasteiger charge is -2.21. The highest BCUT2D eigenvalue weighted by Gasteiger charge is 2.14. The molecule has 0 aromatic heterocycles. The van der Waals surface area contributed by atoms with E-state index in [1.165, 1.54) is 0 Å². The second-order valence-corrected chi connectivity index (χ2v) is 5.92. The van der Waals surface area contributed by atoms with Gasteiger partial charge in [-0.3, -0.25) is 9.69 Å². The number of halogens is 1. The van der Waals surface area contributed by atoms with E-state index in [9.17, 15) is 9.90 Å². The number of hydrogen-bond donors (Lipinski definition) is 2. The van der Waals surface area contributed by atoms with E-state index >= 15 is 0 Å². The minimum absolute atomic E-state index is 0.0981. The number of hydrogen-bond acceptors (Lipinski definition) is 3. The second kappa shape index (κ2) is 8.11. The molecule has 0 aliphatic carbocycles. The number of carbonyl (C=O) groups excluding carboxylic acids is 1. The molecular formula is C18H21ClN2O2. The Balaban J connectivity index is 1.95. The topological polar surface area (TPSA) is 52.6 Å². The molecule has 23 heavy (non-hydrogen) atoms. The first-order valence-electron chi connectivity index (χ1n) is 7.43. The van der Waals surface area contributed by atoms with Gasteiger partial charge in [-0.05, 0) is 30.8 Å². The van der Waals surface area contributed by atoms with Crippen molar-refractivity contribution in [3.63, 3.8) is 0 Å². The lowest BCUT2D eigenvalue weighted by molar-refractivity contribution is 0.0963. The summed E-state index contributed by atoms with van der Waals surface area (Å²) in [5.41, 5.74) is 2.44. The second-order valence-electron chi connectivity index (χ2n) is 5.51. The zero-order valence-corrected chi connectivity index (χ0v) is 14.0. The Morgan fingerprint density at radius 2 is 1.87 bits per heavy atom. The number of likely N-dealkylation sites (N-methyl/N-ethyl adjacent to an activating group) is 1. The molecule has 122 valence electrons. The molecule has 1 unspecified atom stereocenters. The maximum Gasteiger partial charge on any atom is 0.251 e. The van der Waals surface area contributed by atoms with Crippen LogP contribution in [0.25, 0.3) is 0 Å². The van der Waals surface area contributed by atoms with Gasteiger partial charge in [0.15, 0.2) is 0 Å². The minimum atomic E-state index is -0.640. The van der Waals surface area contributed by atoms with Crippen LogP contribution in [-0.2, 0) is 6.54 Å². The standard InChI is InChI=1S/C18H21ClN2O2/c1-20-18(23)14-9-7-13(8-10-14)11-21(2)12-17(22)15-5-3-4-6-16(15)19/h3-10,17,22H,11-12H2,1-2H3,(H,20,23). The van der Waals surface area contributed by atoms with Crippen LogP contribution >= 0.6 is 11.6 Å². The van der Waals surface area contributed by atoms with Gasteiger partial charge in [-0.1, -0.05) is 41.9 Å². The van der Waals surface area contributed by atoms with Crippen molar-refractivity contribution in [3.8, 4) is 0 Å². The first-order valence-corrected chi connectivity index (χ1v) is 7.81. The van der Waals surface area contributed by atoms with Gasteiger partial charge in [0.2, 0.25) is 0 Å². The first-order chi connectivity index (χ1) is 11.0. The Labute approximate surface area is 141 Å². The maximum absolute atomic E-state index is 11.5. The van der Waals surface area contributed by atoms with E-state index < -0.39 is 6.10 Å². The Kier molecular flexibility index (Phi) is 6.16. The van der Waals surface area contributed by atoms with E-state index in [-0.39, 0.29) is 5.91 Å². The third-order valence-electron chi connectivity index (χ3n) is 3.64. The molecule has 1 atom stereocenters. The lowest BCUT2D eigenvalue weighted by Crippen LogP contribution is -2.24. The van der Waals surface area contributed by atoms with E-state index in [0.29, 0.717) is 23.7 Å². The van der Waals surface area contributed by atoms with Crippen LogP contribution in [0.1, 0.15) is 27.6 Å². The quantitative estimate of drug-likeness (QED) is 0.855. The fourth-order valence-corrected chi connectivity index (χ4v) is 2.68. The molecule has 0 aliphatic rings. The molecule has 2 rings (SSSR count). The molecule has 0 bridgehead atoms. The van der Waals surface area contributed by atoms with Gasteiger partial charge in [0.1, 0.15) is 0 Å². The smallest absolute Gasteiger partial charge is 0.251 e. The molecule has 2 N–H and O–H groups in total. The molecule has 4 nitrogen and oxygen atoms in total. The average molecular weight is 333 g/mol. The number of benzene rings is 2. The molecule has 2 aromatic rings. The number of aliphatic hydroxyl groups is 1. The van der Waals surface area contributed by atoms with Gasteiger partial charge in [0, 0.05) is 36.3 Å². The maximum atomic E-state index is 11.5. The van der Waals surface area contributed by atoms with E-state index in [0.717, 1.165) is 11.1 Å². The molecular weight excluding hydrogens is 312 g/mol. The summed E-state index contributed by atoms with van der Waals surface area (Å²) in [7, 11) is 3.55. The summed E-state index contributed by atoms with van der Waals surface area (Å²) in [6, 6.07) is 14.7. The average Bonchev–Trinajstić information content (AvgIpc) is 2.55. The van der Waals surface area contributed by atoms with Crippen LogP contribution in [0.3, 0.4) is 0 Å². The third-order valence-corrected chi connectivity index (χ3v) is 3.99. The Bertz CT molecular complexity index is 658. The summed E-state index contributed by atoms with van der Waals surface area (Å²) in [5.74, 6) is -0.0981. The summed E-state index contributed by atoms with van der Waals surface area (Å²) in [5, 5.41) is 13.5. The van der Waals surface area contributed by atoms with Crippen LogP contribution in [0.2, 0.25) is 5.02 Å². The van der Waals surface area contributed by atoms with Crippen molar-refractivity contribution in [2.45, 2.75) is 12.6 Å². The third kappa shape index (κ3) is 4.79. The normalized spacial score (nSPS) is 12.2. The number of rotatable bonds is 6. The SMILES string of the molecule is CNC(=O)c1ccc(CN(C)CC(O)c2ccccc2Cl)cc1. The van der Waals surface area contributed by atoms with Crippen LogP contribution in [-0.4, -0.2) is 36.6 Å². The van der Waals surface area contributed by atoms with Crippen molar-refractivity contribution in [2.75, 3.05) is 20.6 Å². The summed E-state index contributed by atoms with van der Waals surface area (Å²) in [4.78, 5) is 13.5. The molecule has 1 amide bonds. The molecule has 0 saturated heterocycles. The van der Waals surface area contributed by atoms with Crippen molar-refractivity contribution in [1.29, 1.82) is 0 Å². The van der Waals surface area contributed by atoms with Gasteiger partial charge in [-0.2, -0.15) is 0 Å². The van der Waals surface area contributed by atoms with Gasteiger partial charge in [-0.15, -0.1) is 0 Å². The van der Waals surface area contributed by atoms with Gasteiger partial charge < -0.3 is 10.4 Å². The summed E-state index contributed by atoms with van der Waals surface area (Å²) in [6.45, 7) is 1.15. The summed E-state index contributed by atoms with van der Waals surface area (Å²) in [6.07, 6.45) is -0.640. The zero-order chi connectivity index (χ0) is 16.8. The lowest BCUT2D eigenvalue weighted by atomic mass is 10.1. The number of nitrogens with zero attached hydrogens (tertiary/aromatic N) is 1. The predicted molar refractivity (Wildman–Crippen MR) is 92.6 cm³/mol. The number of aliphatic hydroxyl groups excluding tert-OH is 1. The fourth-order valence-electron chi connectivity index (χ4n) is 2.42. The predicted octanol–water partition coefficient (Wildman–Crippen LogP) is 2.87. The van der Waals surface area contributed by atoms with Gasteiger partial charge in [0.25, 0.3) is 5.91 Å². The highest BCUT2D eigenvalue weighted by atomic mass is 35.5. The number of carbonyl (C=O) groups is 1. The van der Waals surface area contributed by atoms with Gasteiger partial charge in [-0.25, -0.2) is 0 Å². The minimum Gasteiger partial charge on any atom is -0.387 e. The molecule has 0 saturated carbocycles. The Morgan fingerprint density at radius 1 is 1.22 bits per heavy atom. The summed E-state index contributed by atoms with van der Waals surface area (Å²) >= 11 is 6.11. The largest absolute Gasteiger partial charge is 0.387 e. The first kappa shape index (κ1) is 17.5. The van der Waals surface area contributed by atoms with Crippen molar-refractivity contribution in [1.82, 2.24) is 10.2 Å². The molecule has 0 heterocycles. The van der Waals surface area contributed by atoms with Crippen molar-refractivity contribution in [3.05, 3.63) is 70.2 Å². The highest BCUT2D eigenvalue weighted by Crippen LogP contribution is 2.23. The van der Waals surface area contributed by atoms with Crippen LogP contribution in [0.4, 0.5) is 0 Å². The fraction of sp³-hybridized carbons (Fsp3) is 0.278. The zero-order valence-electron chi connectivity index (χ0n) is 13.3. The van der Waals surface area contributed by atoms with E-state index in [1.807, 2.05) is 42.3 Å². The molecule has 0 radical (unpaired) electrons. The van der Waals surface area contributed by atoms with Crippen LogP contribution in [0.15, 0.2) is 48.5 Å². The van der Waals surface area contributed by atoms with Crippen molar-refractivity contribution in [2.24, 2.45) is 0 Å². The number of amides is 1. The van der Waals surface area contributed by atoms with Gasteiger partial charge >= 0.3 is 0 Å². The number of nitrogens with one attached hydrogen (secondary N) is 1. The van der Waals surface area contributed by atoms with E-state index in [2.05, 4.69) is 5.32 Å². The molecule has 0 aliphatic heterocycles. The summed E-state index contributed by atoms with van der Waals surface area (Å²) < 4.78 is 0. The van der Waals surface area contributed by atoms with Crippen molar-refractivity contribution >= 4 is 17.5 Å². The Morgan fingerprint density at radius 3 is 2.48 bits per heavy atom. The van der Waals surface area contributed by atoms with Crippen LogP contribution < -0.4 is 5.32 Å². The van der Waals surface area contributed by atoms with Crippen molar-refractivity contribution < 1.29 is 9.90 Å².